The first-order valence-corrected chi connectivity index (χ1v) is 5.45. The molecule has 1 aliphatic heterocycles. The fraction of sp³-hybridized carbons (Fsp3) is 0.250. The summed E-state index contributed by atoms with van der Waals surface area (Å²) >= 11 is 0. The number of hydrogen-bond donors (Lipinski definition) is 1. The largest absolute Gasteiger partial charge is 0.433 e. The Labute approximate surface area is 109 Å². The van der Waals surface area contributed by atoms with Gasteiger partial charge in [-0.25, -0.2) is 0 Å². The van der Waals surface area contributed by atoms with Gasteiger partial charge in [0.05, 0.1) is 5.92 Å². The molecule has 2 rings (SSSR count). The number of rotatable bonds is 0. The van der Waals surface area contributed by atoms with Crippen molar-refractivity contribution in [1.82, 2.24) is 5.43 Å². The molecule has 1 N–H and O–H groups in total. The van der Waals surface area contributed by atoms with Gasteiger partial charge in [0, 0.05) is 0 Å². The number of alkyl halides is 6. The summed E-state index contributed by atoms with van der Waals surface area (Å²) in [6.45, 7) is 0. The zero-order chi connectivity index (χ0) is 15.0. The summed E-state index contributed by atoms with van der Waals surface area (Å²) in [6, 6.07) is 0. The van der Waals surface area contributed by atoms with Crippen LogP contribution in [0.3, 0.4) is 0 Å². The maximum absolute atomic E-state index is 12.8. The molecule has 1 heterocycles. The third-order valence-corrected chi connectivity index (χ3v) is 2.69. The van der Waals surface area contributed by atoms with Crippen molar-refractivity contribution >= 4 is 5.71 Å². The zero-order valence-electron chi connectivity index (χ0n) is 9.76. The van der Waals surface area contributed by atoms with Crippen LogP contribution >= 0.6 is 0 Å². The molecule has 0 radical (unpaired) electrons. The summed E-state index contributed by atoms with van der Waals surface area (Å²) < 4.78 is 76.9. The highest BCUT2D eigenvalue weighted by molar-refractivity contribution is 5.96. The quantitative estimate of drug-likeness (QED) is 0.678. The van der Waals surface area contributed by atoms with E-state index in [0.717, 1.165) is 12.2 Å². The molecular formula is C12H8F6N2. The monoisotopic (exact) mass is 294 g/mol. The van der Waals surface area contributed by atoms with E-state index in [2.05, 4.69) is 5.10 Å². The Morgan fingerprint density at radius 2 is 1.55 bits per heavy atom. The van der Waals surface area contributed by atoms with Crippen LogP contribution < -0.4 is 5.43 Å². The molecule has 1 aliphatic carbocycles. The number of hydrogen-bond acceptors (Lipinski definition) is 2. The first-order chi connectivity index (χ1) is 9.21. The van der Waals surface area contributed by atoms with E-state index in [9.17, 15) is 26.3 Å². The molecule has 2 nitrogen and oxygen atoms in total. The maximum atomic E-state index is 12.8. The molecule has 0 aromatic heterocycles. The van der Waals surface area contributed by atoms with Crippen molar-refractivity contribution in [3.05, 3.63) is 47.7 Å². The molecule has 1 unspecified atom stereocenters. The van der Waals surface area contributed by atoms with Crippen molar-refractivity contribution in [3.8, 4) is 0 Å². The topological polar surface area (TPSA) is 24.4 Å². The Morgan fingerprint density at radius 1 is 0.900 bits per heavy atom. The van der Waals surface area contributed by atoms with E-state index in [4.69, 9.17) is 0 Å². The molecule has 8 heteroatoms. The zero-order valence-corrected chi connectivity index (χ0v) is 9.76. The average molecular weight is 294 g/mol. The first kappa shape index (κ1) is 14.4. The molecule has 1 atom stereocenters. The van der Waals surface area contributed by atoms with E-state index in [1.54, 1.807) is 0 Å². The van der Waals surface area contributed by atoms with Gasteiger partial charge in [-0.05, 0) is 5.57 Å². The van der Waals surface area contributed by atoms with Gasteiger partial charge in [-0.2, -0.15) is 31.4 Å². The summed E-state index contributed by atoms with van der Waals surface area (Å²) in [7, 11) is 0. The number of nitrogens with zero attached hydrogens (tertiary/aromatic N) is 1. The Balaban J connectivity index is 2.58. The fourth-order valence-corrected chi connectivity index (χ4v) is 1.86. The highest BCUT2D eigenvalue weighted by Crippen LogP contribution is 2.37. The highest BCUT2D eigenvalue weighted by Gasteiger charge is 2.47. The normalized spacial score (nSPS) is 27.7. The van der Waals surface area contributed by atoms with Crippen LogP contribution in [-0.2, 0) is 0 Å². The summed E-state index contributed by atoms with van der Waals surface area (Å²) in [4.78, 5) is 0. The predicted molar refractivity (Wildman–Crippen MR) is 60.6 cm³/mol. The van der Waals surface area contributed by atoms with E-state index < -0.39 is 35.3 Å². The van der Waals surface area contributed by atoms with Gasteiger partial charge in [-0.1, -0.05) is 36.5 Å². The van der Waals surface area contributed by atoms with Crippen LogP contribution in [0.15, 0.2) is 52.8 Å². The molecule has 20 heavy (non-hydrogen) atoms. The van der Waals surface area contributed by atoms with Crippen LogP contribution in [0, 0.1) is 5.92 Å². The SMILES string of the molecule is FC(F)(F)C1=NNC(C(F)(F)F)=C2\C=C/C=C\C=C/C12. The number of hydrazone groups is 1. The Kier molecular flexibility index (Phi) is 3.49. The van der Waals surface area contributed by atoms with Crippen LogP contribution in [0.1, 0.15) is 0 Å². The standard InChI is InChI=1S/C12H8F6N2/c13-11(14,15)9-7-5-3-1-2-4-6-8(7)10(20-19-9)12(16,17)18/h1-7,20H/b2-1-,5-3-,6-4-. The summed E-state index contributed by atoms with van der Waals surface area (Å²) in [5, 5.41) is 2.86. The molecular weight excluding hydrogens is 286 g/mol. The molecule has 0 spiro atoms. The lowest BCUT2D eigenvalue weighted by atomic mass is 9.88. The van der Waals surface area contributed by atoms with E-state index in [0.29, 0.717) is 0 Å². The van der Waals surface area contributed by atoms with E-state index >= 15 is 0 Å². The number of fused-ring (bicyclic) bond motifs is 1. The van der Waals surface area contributed by atoms with Crippen LogP contribution in [0.4, 0.5) is 26.3 Å². The Morgan fingerprint density at radius 3 is 2.15 bits per heavy atom. The van der Waals surface area contributed by atoms with Crippen molar-refractivity contribution in [2.45, 2.75) is 12.4 Å². The lowest BCUT2D eigenvalue weighted by molar-refractivity contribution is -0.0992. The second kappa shape index (κ2) is 4.84. The van der Waals surface area contributed by atoms with E-state index in [1.165, 1.54) is 29.7 Å². The second-order valence-corrected chi connectivity index (χ2v) is 4.04. The molecule has 0 aromatic carbocycles. The first-order valence-electron chi connectivity index (χ1n) is 5.45. The third-order valence-electron chi connectivity index (χ3n) is 2.69. The molecule has 2 aliphatic rings. The van der Waals surface area contributed by atoms with Crippen molar-refractivity contribution in [1.29, 1.82) is 0 Å². The Bertz CT molecular complexity index is 545. The summed E-state index contributed by atoms with van der Waals surface area (Å²) in [6.07, 6.45) is -2.23. The van der Waals surface area contributed by atoms with Crippen LogP contribution in [0.25, 0.3) is 0 Å². The van der Waals surface area contributed by atoms with Crippen LogP contribution in [0.5, 0.6) is 0 Å². The van der Waals surface area contributed by atoms with Gasteiger partial charge in [0.1, 0.15) is 5.70 Å². The molecule has 0 fully saturated rings. The van der Waals surface area contributed by atoms with Crippen LogP contribution in [-0.4, -0.2) is 18.1 Å². The summed E-state index contributed by atoms with van der Waals surface area (Å²) in [5.74, 6) is -1.59. The predicted octanol–water partition coefficient (Wildman–Crippen LogP) is 3.62. The average Bonchev–Trinajstić information content (AvgIpc) is 2.25. The highest BCUT2D eigenvalue weighted by atomic mass is 19.4. The van der Waals surface area contributed by atoms with Crippen molar-refractivity contribution in [2.75, 3.05) is 0 Å². The van der Waals surface area contributed by atoms with Gasteiger partial charge in [0.2, 0.25) is 0 Å². The van der Waals surface area contributed by atoms with Gasteiger partial charge in [0.15, 0.2) is 5.71 Å². The van der Waals surface area contributed by atoms with Crippen LogP contribution in [0.2, 0.25) is 0 Å². The second-order valence-electron chi connectivity index (χ2n) is 4.04. The Hall–Kier alpha value is -1.99. The number of halogens is 6. The minimum absolute atomic E-state index is 0.513. The van der Waals surface area contributed by atoms with Gasteiger partial charge in [-0.15, -0.1) is 0 Å². The fourth-order valence-electron chi connectivity index (χ4n) is 1.86. The van der Waals surface area contributed by atoms with E-state index in [-0.39, 0.29) is 0 Å². The van der Waals surface area contributed by atoms with Gasteiger partial charge in [0.25, 0.3) is 0 Å². The lowest BCUT2D eigenvalue weighted by Gasteiger charge is -2.28. The van der Waals surface area contributed by atoms with Gasteiger partial charge >= 0.3 is 12.4 Å². The van der Waals surface area contributed by atoms with E-state index in [1.807, 2.05) is 0 Å². The lowest BCUT2D eigenvalue weighted by Crippen LogP contribution is -2.40. The molecule has 0 bridgehead atoms. The van der Waals surface area contributed by atoms with Gasteiger partial charge in [-0.3, -0.25) is 5.43 Å². The minimum Gasteiger partial charge on any atom is -0.273 e. The number of allylic oxidation sites excluding steroid dienone is 8. The maximum Gasteiger partial charge on any atom is 0.433 e. The molecule has 0 saturated heterocycles. The molecule has 108 valence electrons. The molecule has 0 aromatic rings. The van der Waals surface area contributed by atoms with Crippen molar-refractivity contribution < 1.29 is 26.3 Å². The van der Waals surface area contributed by atoms with Crippen molar-refractivity contribution in [3.63, 3.8) is 0 Å². The van der Waals surface area contributed by atoms with Gasteiger partial charge < -0.3 is 0 Å². The smallest absolute Gasteiger partial charge is 0.273 e. The molecule has 0 saturated carbocycles. The minimum atomic E-state index is -4.82. The third kappa shape index (κ3) is 2.78. The summed E-state index contributed by atoms with van der Waals surface area (Å²) in [5.41, 5.74) is -1.63. The van der Waals surface area contributed by atoms with Crippen molar-refractivity contribution in [2.24, 2.45) is 11.0 Å². The molecule has 0 amide bonds. The number of nitrogens with one attached hydrogen (secondary N) is 1.